The lowest BCUT2D eigenvalue weighted by molar-refractivity contribution is 0.0690. The van der Waals surface area contributed by atoms with Crippen LogP contribution < -0.4 is 5.32 Å². The molecule has 2 aromatic rings. The zero-order chi connectivity index (χ0) is 37.1. The maximum Gasteiger partial charge on any atom is 0.0704 e. The van der Waals surface area contributed by atoms with Crippen LogP contribution in [0.4, 0.5) is 0 Å². The highest BCUT2D eigenvalue weighted by Gasteiger charge is 2.45. The molecule has 6 nitrogen and oxygen atoms in total. The van der Waals surface area contributed by atoms with E-state index in [1.165, 1.54) is 95.4 Å². The minimum atomic E-state index is 0.363. The predicted octanol–water partition coefficient (Wildman–Crippen LogP) is 9.16. The van der Waals surface area contributed by atoms with Gasteiger partial charge in [0.1, 0.15) is 0 Å². The molecule has 2 unspecified atom stereocenters. The Labute approximate surface area is 310 Å². The van der Waals surface area contributed by atoms with Crippen molar-refractivity contribution in [1.29, 1.82) is 0 Å². The Morgan fingerprint density at radius 1 is 0.620 bits per heavy atom. The van der Waals surface area contributed by atoms with Crippen molar-refractivity contribution in [3.63, 3.8) is 0 Å². The van der Waals surface area contributed by atoms with E-state index in [0.717, 1.165) is 36.5 Å². The first-order valence-corrected chi connectivity index (χ1v) is 20.4. The number of hydrogen-bond acceptors (Lipinski definition) is 6. The first-order chi connectivity index (χ1) is 23.4. The number of hydrogen-bond donors (Lipinski definition) is 1. The topological polar surface area (TPSA) is 37.9 Å². The number of fused-ring (bicyclic) bond motifs is 2. The number of piperidine rings is 2. The fourth-order valence-corrected chi connectivity index (χ4v) is 7.37. The summed E-state index contributed by atoms with van der Waals surface area (Å²) >= 11 is 0. The van der Waals surface area contributed by atoms with Crippen molar-refractivity contribution in [2.45, 2.75) is 151 Å². The Morgan fingerprint density at radius 2 is 1.12 bits per heavy atom. The molecular formula is C44H80N6. The zero-order valence-corrected chi connectivity index (χ0v) is 35.1. The summed E-state index contributed by atoms with van der Waals surface area (Å²) in [7, 11) is 0. The zero-order valence-electron chi connectivity index (χ0n) is 35.1. The second kappa shape index (κ2) is 19.5. The summed E-state index contributed by atoms with van der Waals surface area (Å²) in [6, 6.07) is 11.2. The Bertz CT molecular complexity index is 1180. The van der Waals surface area contributed by atoms with Crippen LogP contribution in [0.15, 0.2) is 36.5 Å². The molecule has 5 aliphatic rings. The molecule has 0 spiro atoms. The number of rotatable bonds is 2. The van der Waals surface area contributed by atoms with E-state index < -0.39 is 0 Å². The van der Waals surface area contributed by atoms with E-state index in [9.17, 15) is 0 Å². The summed E-state index contributed by atoms with van der Waals surface area (Å²) in [6.07, 6.45) is 9.01. The molecule has 7 rings (SSSR count). The lowest BCUT2D eigenvalue weighted by Crippen LogP contribution is -2.51. The Hall–Kier alpha value is -1.57. The van der Waals surface area contributed by atoms with Gasteiger partial charge in [0, 0.05) is 73.5 Å². The van der Waals surface area contributed by atoms with Gasteiger partial charge >= 0.3 is 0 Å². The standard InChI is InChI=1S/C12H13N.C9H19N.C8H18N2.C8H15N.C7H15N/c1-9(2)10-5-3-7-12-11(10)6-4-8-13-12;1-9(2,3)10-7-5-4-6-8-10;1-8(2,3)10-6-4-9-5-7-10;1-6(2)9-4-7-3-8(7)5-9;1-7(2,3)8-5-4-6-8/h3-9H,1-2H3;4-8H2,1-3H3;9H,4-7H2,1-3H3;6-8H,3-5H2,1-2H3;4-6H2,1-3H3. The molecule has 1 aromatic heterocycles. The van der Waals surface area contributed by atoms with Gasteiger partial charge in [0.25, 0.3) is 0 Å². The first kappa shape index (κ1) is 42.8. The average molecular weight is 693 g/mol. The molecule has 50 heavy (non-hydrogen) atoms. The van der Waals surface area contributed by atoms with Crippen LogP contribution >= 0.6 is 0 Å². The third-order valence-electron chi connectivity index (χ3n) is 11.2. The van der Waals surface area contributed by atoms with Crippen LogP contribution in [0.2, 0.25) is 0 Å². The van der Waals surface area contributed by atoms with Crippen molar-refractivity contribution in [3.8, 4) is 0 Å². The summed E-state index contributed by atoms with van der Waals surface area (Å²) in [4.78, 5) is 14.5. The molecule has 1 aromatic carbocycles. The highest BCUT2D eigenvalue weighted by molar-refractivity contribution is 5.82. The second-order valence-electron chi connectivity index (χ2n) is 19.0. The maximum absolute atomic E-state index is 4.32. The molecule has 2 atom stereocenters. The highest BCUT2D eigenvalue weighted by atomic mass is 15.2. The SMILES string of the molecule is CC(C)(C)N1CCC1.CC(C)(C)N1CCCCC1.CC(C)(C)N1CCNCC1.CC(C)N1CC2CC2C1.CC(C)c1cccc2ncccc12. The maximum atomic E-state index is 4.32. The van der Waals surface area contributed by atoms with E-state index in [-0.39, 0.29) is 0 Å². The quantitative estimate of drug-likeness (QED) is 0.339. The van der Waals surface area contributed by atoms with Gasteiger partial charge in [-0.25, -0.2) is 0 Å². The van der Waals surface area contributed by atoms with Gasteiger partial charge in [-0.1, -0.05) is 38.5 Å². The minimum Gasteiger partial charge on any atom is -0.314 e. The van der Waals surface area contributed by atoms with Crippen LogP contribution in [0.1, 0.15) is 134 Å². The molecule has 4 saturated heterocycles. The Morgan fingerprint density at radius 3 is 1.50 bits per heavy atom. The van der Waals surface area contributed by atoms with Gasteiger partial charge in [-0.2, -0.15) is 0 Å². The number of pyridine rings is 1. The second-order valence-corrected chi connectivity index (χ2v) is 19.0. The molecule has 286 valence electrons. The lowest BCUT2D eigenvalue weighted by Gasteiger charge is -2.42. The number of aromatic nitrogens is 1. The third-order valence-corrected chi connectivity index (χ3v) is 11.2. The van der Waals surface area contributed by atoms with E-state index in [0.29, 0.717) is 22.5 Å². The fourth-order valence-electron chi connectivity index (χ4n) is 7.37. The minimum absolute atomic E-state index is 0.363. The van der Waals surface area contributed by atoms with Crippen molar-refractivity contribution < 1.29 is 0 Å². The Balaban J connectivity index is 0.000000171. The van der Waals surface area contributed by atoms with Gasteiger partial charge in [-0.05, 0) is 163 Å². The molecule has 6 heteroatoms. The first-order valence-electron chi connectivity index (χ1n) is 20.4. The van der Waals surface area contributed by atoms with Gasteiger partial charge in [0.2, 0.25) is 0 Å². The van der Waals surface area contributed by atoms with E-state index in [4.69, 9.17) is 0 Å². The van der Waals surface area contributed by atoms with Gasteiger partial charge in [0.05, 0.1) is 5.52 Å². The van der Waals surface area contributed by atoms with Gasteiger partial charge < -0.3 is 10.2 Å². The van der Waals surface area contributed by atoms with Crippen molar-refractivity contribution in [2.75, 3.05) is 65.4 Å². The van der Waals surface area contributed by atoms with Crippen LogP contribution in [0, 0.1) is 11.8 Å². The number of nitrogens with one attached hydrogen (secondary N) is 1. The molecule has 0 amide bonds. The van der Waals surface area contributed by atoms with Crippen molar-refractivity contribution >= 4 is 10.9 Å². The number of piperazine rings is 1. The van der Waals surface area contributed by atoms with Crippen molar-refractivity contribution in [3.05, 3.63) is 42.1 Å². The van der Waals surface area contributed by atoms with Crippen molar-refractivity contribution in [2.24, 2.45) is 11.8 Å². The largest absolute Gasteiger partial charge is 0.314 e. The van der Waals surface area contributed by atoms with E-state index in [2.05, 4.69) is 144 Å². The van der Waals surface area contributed by atoms with E-state index >= 15 is 0 Å². The number of nitrogens with zero attached hydrogens (tertiary/aromatic N) is 5. The molecule has 0 radical (unpaired) electrons. The summed E-state index contributed by atoms with van der Waals surface area (Å²) in [5, 5.41) is 4.62. The van der Waals surface area contributed by atoms with Crippen LogP contribution in [0.5, 0.6) is 0 Å². The highest BCUT2D eigenvalue weighted by Crippen LogP contribution is 2.45. The fraction of sp³-hybridized carbons (Fsp3) is 0.795. The molecule has 5 heterocycles. The molecule has 1 aliphatic carbocycles. The summed E-state index contributed by atoms with van der Waals surface area (Å²) in [5.74, 6) is 2.77. The molecule has 1 N–H and O–H groups in total. The average Bonchev–Trinajstić information content (AvgIpc) is 3.64. The molecule has 4 aliphatic heterocycles. The molecular weight excluding hydrogens is 613 g/mol. The van der Waals surface area contributed by atoms with Crippen LogP contribution in [-0.2, 0) is 0 Å². The van der Waals surface area contributed by atoms with Crippen molar-refractivity contribution in [1.82, 2.24) is 29.9 Å². The summed E-state index contributed by atoms with van der Waals surface area (Å²) in [5.41, 5.74) is 3.67. The van der Waals surface area contributed by atoms with Crippen LogP contribution in [0.25, 0.3) is 10.9 Å². The molecule has 0 bridgehead atoms. The summed E-state index contributed by atoms with van der Waals surface area (Å²) < 4.78 is 0. The lowest BCUT2D eigenvalue weighted by atomic mass is 9.98. The smallest absolute Gasteiger partial charge is 0.0704 e. The van der Waals surface area contributed by atoms with E-state index in [1.807, 2.05) is 12.3 Å². The van der Waals surface area contributed by atoms with Gasteiger partial charge in [-0.3, -0.25) is 19.7 Å². The van der Waals surface area contributed by atoms with Gasteiger partial charge in [0.15, 0.2) is 0 Å². The molecule has 1 saturated carbocycles. The summed E-state index contributed by atoms with van der Waals surface area (Å²) in [6.45, 7) is 42.3. The monoisotopic (exact) mass is 693 g/mol. The van der Waals surface area contributed by atoms with Crippen LogP contribution in [-0.4, -0.2) is 113 Å². The van der Waals surface area contributed by atoms with E-state index in [1.54, 1.807) is 0 Å². The number of likely N-dealkylation sites (tertiary alicyclic amines) is 3. The number of benzene rings is 1. The normalized spacial score (nSPS) is 23.3. The van der Waals surface area contributed by atoms with Gasteiger partial charge in [-0.15, -0.1) is 0 Å². The Kier molecular flexibility index (Phi) is 16.7. The predicted molar refractivity (Wildman–Crippen MR) is 219 cm³/mol. The molecule has 5 fully saturated rings. The van der Waals surface area contributed by atoms with Crippen LogP contribution in [0.3, 0.4) is 0 Å². The third kappa shape index (κ3) is 14.5.